The third-order valence-electron chi connectivity index (χ3n) is 3.96. The number of phenols is 1. The molecule has 2 aromatic rings. The number of ether oxygens (including phenoxy) is 2. The highest BCUT2D eigenvalue weighted by atomic mass is 16.5. The van der Waals surface area contributed by atoms with Crippen LogP contribution in [-0.4, -0.2) is 23.6 Å². The van der Waals surface area contributed by atoms with Crippen LogP contribution in [-0.2, 0) is 0 Å². The second-order valence-corrected chi connectivity index (χ2v) is 6.36. The Balaban J connectivity index is 2.02. The van der Waals surface area contributed by atoms with Crippen LogP contribution in [0.15, 0.2) is 48.6 Å². The summed E-state index contributed by atoms with van der Waals surface area (Å²) < 4.78 is 11.3. The fraction of sp³-hybridized carbons (Fsp3) is 0.190. The van der Waals surface area contributed by atoms with E-state index >= 15 is 0 Å². The first-order chi connectivity index (χ1) is 11.9. The van der Waals surface area contributed by atoms with Gasteiger partial charge in [-0.3, -0.25) is 4.79 Å². The Bertz CT molecular complexity index is 861. The predicted molar refractivity (Wildman–Crippen MR) is 98.2 cm³/mol. The molecule has 1 heterocycles. The van der Waals surface area contributed by atoms with Crippen molar-refractivity contribution in [2.75, 3.05) is 7.11 Å². The van der Waals surface area contributed by atoms with E-state index in [1.165, 1.54) is 19.3 Å². The molecule has 0 bridgehead atoms. The first-order valence-electron chi connectivity index (χ1n) is 8.01. The Hall–Kier alpha value is -3.01. The zero-order valence-corrected chi connectivity index (χ0v) is 14.4. The Morgan fingerprint density at radius 1 is 1.24 bits per heavy atom. The van der Waals surface area contributed by atoms with E-state index in [0.29, 0.717) is 17.1 Å². The maximum Gasteiger partial charge on any atom is 0.193 e. The minimum Gasteiger partial charge on any atom is -0.507 e. The largest absolute Gasteiger partial charge is 0.507 e. The van der Waals surface area contributed by atoms with Gasteiger partial charge in [0.2, 0.25) is 0 Å². The van der Waals surface area contributed by atoms with Gasteiger partial charge in [-0.15, -0.1) is 0 Å². The molecule has 0 atom stereocenters. The lowest BCUT2D eigenvalue weighted by molar-refractivity contribution is 0.104. The number of fused-ring (bicyclic) bond motifs is 1. The molecule has 128 valence electrons. The number of rotatable bonds is 4. The van der Waals surface area contributed by atoms with Gasteiger partial charge in [-0.2, -0.15) is 0 Å². The predicted octanol–water partition coefficient (Wildman–Crippen LogP) is 4.48. The maximum atomic E-state index is 12.6. The maximum absolute atomic E-state index is 12.6. The smallest absolute Gasteiger partial charge is 0.193 e. The molecule has 1 N–H and O–H groups in total. The third kappa shape index (κ3) is 3.43. The molecule has 4 nitrogen and oxygen atoms in total. The van der Waals surface area contributed by atoms with Crippen LogP contribution in [0, 0.1) is 0 Å². The first kappa shape index (κ1) is 16.8. The van der Waals surface area contributed by atoms with Crippen molar-refractivity contribution in [1.29, 1.82) is 0 Å². The zero-order valence-electron chi connectivity index (χ0n) is 14.4. The highest BCUT2D eigenvalue weighted by molar-refractivity contribution is 6.11. The monoisotopic (exact) mass is 336 g/mol. The van der Waals surface area contributed by atoms with Gasteiger partial charge in [-0.25, -0.2) is 0 Å². The summed E-state index contributed by atoms with van der Waals surface area (Å²) in [4.78, 5) is 12.6. The van der Waals surface area contributed by atoms with Crippen LogP contribution < -0.4 is 9.47 Å². The lowest BCUT2D eigenvalue weighted by Crippen LogP contribution is -2.27. The van der Waals surface area contributed by atoms with Crippen molar-refractivity contribution in [3.05, 3.63) is 65.2 Å². The highest BCUT2D eigenvalue weighted by Crippen LogP contribution is 2.43. The van der Waals surface area contributed by atoms with Crippen LogP contribution in [0.2, 0.25) is 0 Å². The molecule has 1 aliphatic heterocycles. The van der Waals surface area contributed by atoms with Crippen LogP contribution >= 0.6 is 0 Å². The van der Waals surface area contributed by atoms with E-state index in [2.05, 4.69) is 0 Å². The lowest BCUT2D eigenvalue weighted by atomic mass is 9.97. The molecule has 0 saturated carbocycles. The van der Waals surface area contributed by atoms with Crippen molar-refractivity contribution < 1.29 is 19.4 Å². The van der Waals surface area contributed by atoms with Crippen LogP contribution in [0.25, 0.3) is 12.2 Å². The van der Waals surface area contributed by atoms with Gasteiger partial charge < -0.3 is 14.6 Å². The summed E-state index contributed by atoms with van der Waals surface area (Å²) >= 11 is 0. The van der Waals surface area contributed by atoms with Crippen molar-refractivity contribution in [2.24, 2.45) is 0 Å². The lowest BCUT2D eigenvalue weighted by Gasteiger charge is -2.29. The summed E-state index contributed by atoms with van der Waals surface area (Å²) in [5.74, 6) is 0.304. The molecule has 0 fully saturated rings. The number of hydrogen-bond donors (Lipinski definition) is 1. The minimum absolute atomic E-state index is 0.126. The quantitative estimate of drug-likeness (QED) is 0.660. The number of carbonyl (C=O) groups excluding carboxylic acids is 1. The number of benzene rings is 2. The van der Waals surface area contributed by atoms with Crippen molar-refractivity contribution >= 4 is 17.9 Å². The standard InChI is InChI=1S/C21H20O4/c1-21(2)12-11-15-18(25-21)13-17(23)19(20(15)24-3)16(22)10-9-14-7-5-4-6-8-14/h4-13,23H,1-3H3/b10-9+. The summed E-state index contributed by atoms with van der Waals surface area (Å²) in [6.45, 7) is 3.83. The van der Waals surface area contributed by atoms with Gasteiger partial charge in [0.15, 0.2) is 5.78 Å². The van der Waals surface area contributed by atoms with Crippen molar-refractivity contribution in [1.82, 2.24) is 0 Å². The molecular formula is C21H20O4. The molecule has 0 aliphatic carbocycles. The van der Waals surface area contributed by atoms with Crippen LogP contribution in [0.4, 0.5) is 0 Å². The number of methoxy groups -OCH3 is 1. The molecule has 0 saturated heterocycles. The molecule has 1 aliphatic rings. The van der Waals surface area contributed by atoms with Gasteiger partial charge in [0.05, 0.1) is 12.7 Å². The fourth-order valence-electron chi connectivity index (χ4n) is 2.75. The van der Waals surface area contributed by atoms with E-state index in [9.17, 15) is 9.90 Å². The van der Waals surface area contributed by atoms with Crippen LogP contribution in [0.3, 0.4) is 0 Å². The van der Waals surface area contributed by atoms with Gasteiger partial charge in [0, 0.05) is 6.07 Å². The summed E-state index contributed by atoms with van der Waals surface area (Å²) in [6, 6.07) is 11.0. The number of aromatic hydroxyl groups is 1. The van der Waals surface area contributed by atoms with Crippen molar-refractivity contribution in [3.8, 4) is 17.2 Å². The molecule has 0 amide bonds. The second kappa shape index (κ2) is 6.48. The van der Waals surface area contributed by atoms with Gasteiger partial charge in [-0.1, -0.05) is 36.4 Å². The number of phenolic OH excluding ortho intramolecular Hbond substituents is 1. The molecule has 0 spiro atoms. The van der Waals surface area contributed by atoms with E-state index in [-0.39, 0.29) is 17.1 Å². The first-order valence-corrected chi connectivity index (χ1v) is 8.01. The molecular weight excluding hydrogens is 316 g/mol. The SMILES string of the molecule is COc1c2c(cc(O)c1C(=O)/C=C/c1ccccc1)OC(C)(C)C=C2. The van der Waals surface area contributed by atoms with Crippen molar-refractivity contribution in [3.63, 3.8) is 0 Å². The van der Waals surface area contributed by atoms with Gasteiger partial charge in [0.25, 0.3) is 0 Å². The fourth-order valence-corrected chi connectivity index (χ4v) is 2.75. The van der Waals surface area contributed by atoms with E-state index in [1.807, 2.05) is 56.3 Å². The van der Waals surface area contributed by atoms with E-state index in [1.54, 1.807) is 6.08 Å². The molecule has 3 rings (SSSR count). The molecule has 25 heavy (non-hydrogen) atoms. The van der Waals surface area contributed by atoms with E-state index in [0.717, 1.165) is 5.56 Å². The summed E-state index contributed by atoms with van der Waals surface area (Å²) in [5, 5.41) is 10.4. The topological polar surface area (TPSA) is 55.8 Å². The average molecular weight is 336 g/mol. The Morgan fingerprint density at radius 3 is 2.64 bits per heavy atom. The zero-order chi connectivity index (χ0) is 18.0. The van der Waals surface area contributed by atoms with Crippen LogP contribution in [0.5, 0.6) is 17.2 Å². The summed E-state index contributed by atoms with van der Waals surface area (Å²) in [5.41, 5.74) is 1.19. The number of carbonyl (C=O) groups is 1. The van der Waals surface area contributed by atoms with E-state index in [4.69, 9.17) is 9.47 Å². The number of allylic oxidation sites excluding steroid dienone is 1. The molecule has 4 heteroatoms. The van der Waals surface area contributed by atoms with E-state index < -0.39 is 5.60 Å². The van der Waals surface area contributed by atoms with Crippen LogP contribution in [0.1, 0.15) is 35.3 Å². The molecule has 0 aromatic heterocycles. The number of hydrogen-bond acceptors (Lipinski definition) is 4. The Morgan fingerprint density at radius 2 is 1.96 bits per heavy atom. The highest BCUT2D eigenvalue weighted by Gasteiger charge is 2.28. The summed E-state index contributed by atoms with van der Waals surface area (Å²) in [6.07, 6.45) is 6.88. The summed E-state index contributed by atoms with van der Waals surface area (Å²) in [7, 11) is 1.47. The Kier molecular flexibility index (Phi) is 4.36. The molecule has 0 radical (unpaired) electrons. The third-order valence-corrected chi connectivity index (χ3v) is 3.96. The van der Waals surface area contributed by atoms with Gasteiger partial charge in [0.1, 0.15) is 28.4 Å². The Labute approximate surface area is 147 Å². The van der Waals surface area contributed by atoms with Gasteiger partial charge >= 0.3 is 0 Å². The normalized spacial score (nSPS) is 14.8. The van der Waals surface area contributed by atoms with Gasteiger partial charge in [-0.05, 0) is 37.6 Å². The average Bonchev–Trinajstić information content (AvgIpc) is 2.58. The van der Waals surface area contributed by atoms with Crippen molar-refractivity contribution in [2.45, 2.75) is 19.4 Å². The number of ketones is 1. The minimum atomic E-state index is -0.483. The molecule has 2 aromatic carbocycles. The molecule has 0 unspecified atom stereocenters. The second-order valence-electron chi connectivity index (χ2n) is 6.36.